The number of anilines is 2. The molecule has 0 saturated heterocycles. The number of aliphatic imine (C=N–C) groups is 2. The van der Waals surface area contributed by atoms with Crippen LogP contribution < -0.4 is 9.80 Å². The van der Waals surface area contributed by atoms with Crippen molar-refractivity contribution in [3.8, 4) is 0 Å². The van der Waals surface area contributed by atoms with Gasteiger partial charge in [0.2, 0.25) is 0 Å². The van der Waals surface area contributed by atoms with Gasteiger partial charge >= 0.3 is 312 Å². The van der Waals surface area contributed by atoms with E-state index in [9.17, 15) is 0 Å². The molecule has 0 unspecified atom stereocenters. The predicted molar refractivity (Wildman–Crippen MR) is 215 cm³/mol. The molecule has 0 heterocycles. The van der Waals surface area contributed by atoms with E-state index >= 15 is 9.59 Å². The van der Waals surface area contributed by atoms with E-state index in [0.717, 1.165) is 32.9 Å². The van der Waals surface area contributed by atoms with Gasteiger partial charge in [0.1, 0.15) is 0 Å². The molecule has 0 aliphatic heterocycles. The molecule has 0 radical (unpaired) electrons. The van der Waals surface area contributed by atoms with E-state index in [-0.39, 0.29) is 11.4 Å². The minimum absolute atomic E-state index is 0.240. The number of benzene rings is 6. The molecule has 6 aromatic carbocycles. The van der Waals surface area contributed by atoms with Crippen LogP contribution in [-0.4, -0.2) is 46.7 Å². The van der Waals surface area contributed by atoms with E-state index < -0.39 is 19.4 Å². The number of nitrogens with zero attached hydrogens (tertiary/aromatic N) is 4. The first kappa shape index (κ1) is 36.9. The fourth-order valence-electron chi connectivity index (χ4n) is 5.65. The number of carbonyl (C=O) groups is 2. The topological polar surface area (TPSA) is 65.3 Å². The average molecular weight is 923 g/mol. The monoisotopic (exact) mass is 922 g/mol. The maximum atomic E-state index is 15.0. The molecule has 0 fully saturated rings. The van der Waals surface area contributed by atoms with E-state index in [1.165, 1.54) is 0 Å². The molecule has 0 amide bonds. The van der Waals surface area contributed by atoms with Gasteiger partial charge in [-0.05, 0) is 0 Å². The Bertz CT molecular complexity index is 2220. The van der Waals surface area contributed by atoms with Gasteiger partial charge in [-0.25, -0.2) is 0 Å². The van der Waals surface area contributed by atoms with Crippen molar-refractivity contribution in [2.24, 2.45) is 9.98 Å². The third-order valence-electron chi connectivity index (χ3n) is 8.60. The van der Waals surface area contributed by atoms with Crippen molar-refractivity contribution in [3.05, 3.63) is 145 Å². The second-order valence-corrected chi connectivity index (χ2v) is 65.9. The minimum atomic E-state index is -8.04. The summed E-state index contributed by atoms with van der Waals surface area (Å²) in [4.78, 5) is 43.4. The zero-order valence-electron chi connectivity index (χ0n) is 28.3. The van der Waals surface area contributed by atoms with Crippen LogP contribution in [0, 0.1) is 0 Å². The fourth-order valence-corrected chi connectivity index (χ4v) is 17.1. The van der Waals surface area contributed by atoms with Gasteiger partial charge in [-0.3, -0.25) is 0 Å². The first-order chi connectivity index (χ1) is 24.0. The molecule has 0 bridgehead atoms. The Hall–Kier alpha value is -3.85. The maximum absolute atomic E-state index is 15.0. The zero-order chi connectivity index (χ0) is 36.6. The van der Waals surface area contributed by atoms with Gasteiger partial charge in [0.25, 0.3) is 0 Å². The number of halogens is 4. The summed E-state index contributed by atoms with van der Waals surface area (Å²) in [6.07, 6.45) is 0. The van der Waals surface area contributed by atoms with Crippen LogP contribution in [0.25, 0.3) is 21.5 Å². The average Bonchev–Trinajstić information content (AvgIpc) is 3.12. The van der Waals surface area contributed by atoms with E-state index in [2.05, 4.69) is 0 Å². The molecule has 0 aliphatic carbocycles. The van der Waals surface area contributed by atoms with Crippen molar-refractivity contribution in [2.45, 2.75) is 0 Å². The van der Waals surface area contributed by atoms with Crippen LogP contribution in [0.1, 0.15) is 11.1 Å². The van der Waals surface area contributed by atoms with E-state index in [1.807, 2.05) is 123 Å². The van der Waals surface area contributed by atoms with Crippen LogP contribution in [-0.2, 0) is 21.9 Å². The number of carbonyl (C=O) groups excluding carboxylic acids is 2. The van der Waals surface area contributed by atoms with Crippen LogP contribution in [0.4, 0.5) is 22.7 Å². The quantitative estimate of drug-likeness (QED) is 0.101. The first-order valence-corrected chi connectivity index (χ1v) is 37.5. The molecular weight excluding hydrogens is 889 g/mol. The van der Waals surface area contributed by atoms with Crippen LogP contribution in [0.3, 0.4) is 0 Å². The van der Waals surface area contributed by atoms with Crippen molar-refractivity contribution in [1.29, 1.82) is 0 Å². The molecule has 51 heavy (non-hydrogen) atoms. The molecule has 0 N–H and O–H groups in total. The SMILES string of the molecule is CN(C)c1ccc(N=C([C](=O)[Hf]([Cl])([Cl])([Cl])([Cl])[C](=O)C(=Nc2ccc(N(C)C)cc2)c2ccc3ccccc3c2)c2ccc3ccccc3c2)cc1. The van der Waals surface area contributed by atoms with Gasteiger partial charge in [0, 0.05) is 0 Å². The molecule has 258 valence electrons. The van der Waals surface area contributed by atoms with E-state index in [1.54, 1.807) is 48.5 Å². The van der Waals surface area contributed by atoms with Crippen LogP contribution in [0.2, 0.25) is 0 Å². The third kappa shape index (κ3) is 7.69. The second-order valence-electron chi connectivity index (χ2n) is 12.8. The molecule has 6 aromatic rings. The van der Waals surface area contributed by atoms with Crippen LogP contribution in [0.5, 0.6) is 0 Å². The molecule has 11 heteroatoms. The molecule has 6 rings (SSSR count). The zero-order valence-corrected chi connectivity index (χ0v) is 34.9. The number of hydrogen-bond donors (Lipinski definition) is 0. The van der Waals surface area contributed by atoms with Gasteiger partial charge in [0.15, 0.2) is 0 Å². The summed E-state index contributed by atoms with van der Waals surface area (Å²) >= 11 is -8.04. The molecule has 0 spiro atoms. The molecule has 0 atom stereocenters. The van der Waals surface area contributed by atoms with E-state index in [4.69, 9.17) is 44.3 Å². The summed E-state index contributed by atoms with van der Waals surface area (Å²) in [6, 6.07) is 40.3. The van der Waals surface area contributed by atoms with Crippen molar-refractivity contribution >= 4 is 97.1 Å². The number of fused-ring (bicyclic) bond motifs is 2. The number of hydrogen-bond acceptors (Lipinski definition) is 6. The van der Waals surface area contributed by atoms with Gasteiger partial charge in [0.05, 0.1) is 0 Å². The standard InChI is InChI=1S/2C20H17N2O.4ClH.Hf/c2*1-22(2)19-11-9-18(10-12-19)21-20(14-23)17-8-7-15-5-3-4-6-16(15)13-17;;;;;/h2*3-13H,1-2H3;4*1H;/q;;;;;;+4/p-4. The summed E-state index contributed by atoms with van der Waals surface area (Å²) < 4.78 is -2.30. The molecule has 0 saturated carbocycles. The fraction of sp³-hybridized carbons (Fsp3) is 0.100. The predicted octanol–water partition coefficient (Wildman–Crippen LogP) is 11.0. The Morgan fingerprint density at radius 2 is 0.804 bits per heavy atom. The van der Waals surface area contributed by atoms with Crippen LogP contribution in [0.15, 0.2) is 143 Å². The second kappa shape index (κ2) is 13.6. The Kier molecular flexibility index (Phi) is 9.85. The van der Waals surface area contributed by atoms with Crippen molar-refractivity contribution in [2.75, 3.05) is 38.0 Å². The summed E-state index contributed by atoms with van der Waals surface area (Å²) in [7, 11) is 36.3. The summed E-state index contributed by atoms with van der Waals surface area (Å²) in [5, 5.41) is 3.50. The van der Waals surface area contributed by atoms with Crippen molar-refractivity contribution in [3.63, 3.8) is 0 Å². The molecular formula is C40H34Cl4HfN4O2. The molecule has 0 aromatic heterocycles. The molecule has 6 nitrogen and oxygen atoms in total. The Morgan fingerprint density at radius 3 is 1.14 bits per heavy atom. The van der Waals surface area contributed by atoms with Crippen molar-refractivity contribution in [1.82, 2.24) is 0 Å². The summed E-state index contributed by atoms with van der Waals surface area (Å²) in [5.74, 6) is 0. The van der Waals surface area contributed by atoms with Crippen LogP contribution >= 0.6 is 34.3 Å². The third-order valence-corrected chi connectivity index (χ3v) is 28.1. The summed E-state index contributed by atoms with van der Waals surface area (Å²) in [6.45, 7) is 0. The van der Waals surface area contributed by atoms with Gasteiger partial charge in [-0.2, -0.15) is 0 Å². The number of rotatable bonds is 10. The van der Waals surface area contributed by atoms with Gasteiger partial charge in [-0.15, -0.1) is 0 Å². The Balaban J connectivity index is 1.55. The first-order valence-electron chi connectivity index (χ1n) is 16.1. The Labute approximate surface area is 309 Å². The van der Waals surface area contributed by atoms with Gasteiger partial charge in [-0.1, -0.05) is 0 Å². The summed E-state index contributed by atoms with van der Waals surface area (Å²) in [5.41, 5.74) is 2.86. The van der Waals surface area contributed by atoms with Crippen molar-refractivity contribution < 1.29 is 21.9 Å². The normalized spacial score (nSPS) is 13.8. The van der Waals surface area contributed by atoms with Gasteiger partial charge < -0.3 is 0 Å². The van der Waals surface area contributed by atoms with E-state index in [0.29, 0.717) is 22.5 Å². The molecule has 0 aliphatic rings. The Morgan fingerprint density at radius 1 is 0.471 bits per heavy atom.